The number of rotatable bonds is 3. The molecule has 3 unspecified atom stereocenters. The Balaban J connectivity index is 2.38. The molecule has 1 rings (SSSR count). The van der Waals surface area contributed by atoms with E-state index in [0.717, 1.165) is 12.7 Å². The third kappa shape index (κ3) is 3.62. The lowest BCUT2D eigenvalue weighted by Crippen LogP contribution is -2.25. The lowest BCUT2D eigenvalue weighted by molar-refractivity contribution is 0.000858. The molecule has 0 aromatic rings. The molecule has 4 nitrogen and oxygen atoms in total. The highest BCUT2D eigenvalue weighted by Gasteiger charge is 2.31. The van der Waals surface area contributed by atoms with Gasteiger partial charge in [0.2, 0.25) is 0 Å². The number of hydrogen-bond donors (Lipinski definition) is 1. The van der Waals surface area contributed by atoms with Crippen molar-refractivity contribution in [1.29, 1.82) is 0 Å². The Morgan fingerprint density at radius 2 is 2.08 bits per heavy atom. The van der Waals surface area contributed by atoms with Gasteiger partial charge in [0, 0.05) is 6.26 Å². The molecule has 1 aliphatic rings. The van der Waals surface area contributed by atoms with Gasteiger partial charge in [0.1, 0.15) is 5.94 Å². The van der Waals surface area contributed by atoms with Crippen molar-refractivity contribution in [2.75, 3.05) is 12.2 Å². The first-order chi connectivity index (χ1) is 5.88. The van der Waals surface area contributed by atoms with Crippen LogP contribution < -0.4 is 0 Å². The van der Waals surface area contributed by atoms with Crippen LogP contribution in [0.15, 0.2) is 0 Å². The van der Waals surface area contributed by atoms with Crippen LogP contribution in [0, 0.1) is 5.92 Å². The molecule has 0 radical (unpaired) electrons. The minimum absolute atomic E-state index is 0.290. The number of ether oxygens (including phenoxy) is 1. The number of aliphatic hydroxyl groups excluding tert-OH is 1. The fourth-order valence-electron chi connectivity index (χ4n) is 1.60. The lowest BCUT2D eigenvalue weighted by Gasteiger charge is -2.14. The molecule has 1 aliphatic carbocycles. The second-order valence-electron chi connectivity index (χ2n) is 3.89. The molecule has 0 spiro atoms. The maximum absolute atomic E-state index is 10.8. The fourth-order valence-corrected chi connectivity index (χ4v) is 2.03. The van der Waals surface area contributed by atoms with Gasteiger partial charge in [-0.2, -0.15) is 0 Å². The minimum atomic E-state index is -3.09. The smallest absolute Gasteiger partial charge is 0.171 e. The average Bonchev–Trinajstić information content (AvgIpc) is 2.24. The minimum Gasteiger partial charge on any atom is -0.390 e. The molecule has 0 aromatic heterocycles. The van der Waals surface area contributed by atoms with E-state index in [2.05, 4.69) is 0 Å². The molecule has 1 saturated carbocycles. The molecule has 0 bridgehead atoms. The van der Waals surface area contributed by atoms with Crippen LogP contribution in [0.2, 0.25) is 0 Å². The Morgan fingerprint density at radius 3 is 2.46 bits per heavy atom. The molecule has 13 heavy (non-hydrogen) atoms. The van der Waals surface area contributed by atoms with Gasteiger partial charge < -0.3 is 9.84 Å². The molecule has 0 aliphatic heterocycles. The van der Waals surface area contributed by atoms with Crippen molar-refractivity contribution < 1.29 is 18.3 Å². The third-order valence-corrected chi connectivity index (χ3v) is 2.77. The molecule has 3 atom stereocenters. The monoisotopic (exact) mass is 208 g/mol. The maximum atomic E-state index is 10.8. The highest BCUT2D eigenvalue weighted by Crippen LogP contribution is 2.27. The summed E-state index contributed by atoms with van der Waals surface area (Å²) in [5.41, 5.74) is 0. The maximum Gasteiger partial charge on any atom is 0.171 e. The SMILES string of the molecule is CC1CC(O)C(OCS(C)(=O)=O)C1. The van der Waals surface area contributed by atoms with Gasteiger partial charge in [0.15, 0.2) is 9.84 Å². The molecule has 0 saturated heterocycles. The fraction of sp³-hybridized carbons (Fsp3) is 1.00. The summed E-state index contributed by atoms with van der Waals surface area (Å²) in [5.74, 6) is 0.126. The molecular weight excluding hydrogens is 192 g/mol. The Hall–Kier alpha value is -0.130. The first-order valence-corrected chi connectivity index (χ1v) is 6.42. The molecular formula is C8H16O4S. The van der Waals surface area contributed by atoms with E-state index in [0.29, 0.717) is 12.3 Å². The molecule has 78 valence electrons. The van der Waals surface area contributed by atoms with E-state index in [9.17, 15) is 13.5 Å². The van der Waals surface area contributed by atoms with Crippen LogP contribution in [0.1, 0.15) is 19.8 Å². The largest absolute Gasteiger partial charge is 0.390 e. The molecule has 1 fully saturated rings. The van der Waals surface area contributed by atoms with Gasteiger partial charge in [0.25, 0.3) is 0 Å². The lowest BCUT2D eigenvalue weighted by atomic mass is 10.1. The van der Waals surface area contributed by atoms with Crippen LogP contribution in [0.5, 0.6) is 0 Å². The normalized spacial score (nSPS) is 35.2. The van der Waals surface area contributed by atoms with Crippen LogP contribution >= 0.6 is 0 Å². The zero-order valence-corrected chi connectivity index (χ0v) is 8.75. The van der Waals surface area contributed by atoms with Crippen LogP contribution in [0.3, 0.4) is 0 Å². The summed E-state index contributed by atoms with van der Waals surface area (Å²) in [4.78, 5) is 0. The summed E-state index contributed by atoms with van der Waals surface area (Å²) in [6.07, 6.45) is 1.77. The summed E-state index contributed by atoms with van der Waals surface area (Å²) in [5, 5.41) is 9.44. The predicted molar refractivity (Wildman–Crippen MR) is 49.0 cm³/mol. The van der Waals surface area contributed by atoms with E-state index in [4.69, 9.17) is 4.74 Å². The van der Waals surface area contributed by atoms with E-state index in [1.165, 1.54) is 0 Å². The summed E-state index contributed by atoms with van der Waals surface area (Å²) in [7, 11) is -3.09. The van der Waals surface area contributed by atoms with Gasteiger partial charge in [-0.25, -0.2) is 8.42 Å². The van der Waals surface area contributed by atoms with Crippen molar-refractivity contribution in [3.63, 3.8) is 0 Å². The summed E-state index contributed by atoms with van der Waals surface area (Å²) in [6, 6.07) is 0. The number of aliphatic hydroxyl groups is 1. The van der Waals surface area contributed by atoms with Crippen molar-refractivity contribution in [1.82, 2.24) is 0 Å². The number of hydrogen-bond acceptors (Lipinski definition) is 4. The first kappa shape index (κ1) is 10.9. The second-order valence-corrected chi connectivity index (χ2v) is 5.98. The summed E-state index contributed by atoms with van der Waals surface area (Å²) in [6.45, 7) is 2.02. The van der Waals surface area contributed by atoms with E-state index < -0.39 is 15.9 Å². The van der Waals surface area contributed by atoms with E-state index in [-0.39, 0.29) is 12.0 Å². The molecule has 1 N–H and O–H groups in total. The average molecular weight is 208 g/mol. The quantitative estimate of drug-likeness (QED) is 0.718. The van der Waals surface area contributed by atoms with Crippen molar-refractivity contribution >= 4 is 9.84 Å². The molecule has 0 heterocycles. The van der Waals surface area contributed by atoms with Gasteiger partial charge >= 0.3 is 0 Å². The topological polar surface area (TPSA) is 63.6 Å². The highest BCUT2D eigenvalue weighted by atomic mass is 32.2. The van der Waals surface area contributed by atoms with Crippen molar-refractivity contribution in [2.24, 2.45) is 5.92 Å². The van der Waals surface area contributed by atoms with Crippen LogP contribution in [-0.2, 0) is 14.6 Å². The van der Waals surface area contributed by atoms with E-state index in [1.807, 2.05) is 6.92 Å². The Morgan fingerprint density at radius 1 is 1.46 bits per heavy atom. The van der Waals surface area contributed by atoms with Gasteiger partial charge in [-0.1, -0.05) is 6.92 Å². The summed E-state index contributed by atoms with van der Waals surface area (Å²) >= 11 is 0. The van der Waals surface area contributed by atoms with E-state index >= 15 is 0 Å². The van der Waals surface area contributed by atoms with Gasteiger partial charge in [-0.05, 0) is 18.8 Å². The third-order valence-electron chi connectivity index (χ3n) is 2.20. The van der Waals surface area contributed by atoms with Crippen molar-refractivity contribution in [3.05, 3.63) is 0 Å². The van der Waals surface area contributed by atoms with Crippen LogP contribution in [0.25, 0.3) is 0 Å². The van der Waals surface area contributed by atoms with Gasteiger partial charge in [-0.15, -0.1) is 0 Å². The van der Waals surface area contributed by atoms with Gasteiger partial charge in [0.05, 0.1) is 12.2 Å². The molecule has 0 amide bonds. The predicted octanol–water partition coefficient (Wildman–Crippen LogP) is 0.165. The zero-order chi connectivity index (χ0) is 10.1. The zero-order valence-electron chi connectivity index (χ0n) is 7.93. The molecule has 0 aromatic carbocycles. The highest BCUT2D eigenvalue weighted by molar-refractivity contribution is 7.90. The van der Waals surface area contributed by atoms with Gasteiger partial charge in [-0.3, -0.25) is 0 Å². The van der Waals surface area contributed by atoms with Crippen LogP contribution in [0.4, 0.5) is 0 Å². The Kier molecular flexibility index (Phi) is 3.32. The number of sulfone groups is 1. The van der Waals surface area contributed by atoms with Crippen molar-refractivity contribution in [2.45, 2.75) is 32.0 Å². The summed E-state index contributed by atoms with van der Waals surface area (Å²) < 4.78 is 26.7. The second kappa shape index (κ2) is 3.94. The molecule has 5 heteroatoms. The Bertz CT molecular complexity index is 259. The first-order valence-electron chi connectivity index (χ1n) is 4.36. The van der Waals surface area contributed by atoms with Crippen LogP contribution in [-0.4, -0.2) is 37.9 Å². The van der Waals surface area contributed by atoms with E-state index in [1.54, 1.807) is 0 Å². The standard InChI is InChI=1S/C8H16O4S/c1-6-3-7(9)8(4-6)12-5-13(2,10)11/h6-9H,3-5H2,1-2H3. The van der Waals surface area contributed by atoms with Crippen molar-refractivity contribution in [3.8, 4) is 0 Å². The Labute approximate surface area is 78.8 Å².